The molecule has 0 saturated heterocycles. The second-order valence-electron chi connectivity index (χ2n) is 4.80. The highest BCUT2D eigenvalue weighted by molar-refractivity contribution is 4.67. The molecule has 0 aromatic carbocycles. The fourth-order valence-corrected chi connectivity index (χ4v) is 1.22. The molecule has 0 amide bonds. The predicted octanol–water partition coefficient (Wildman–Crippen LogP) is 4.64. The summed E-state index contributed by atoms with van der Waals surface area (Å²) in [4.78, 5) is 0. The summed E-state index contributed by atoms with van der Waals surface area (Å²) in [6.45, 7) is 7.53. The van der Waals surface area contributed by atoms with Crippen LogP contribution in [0.5, 0.6) is 0 Å². The Morgan fingerprint density at radius 1 is 0.923 bits per heavy atom. The van der Waals surface area contributed by atoms with Crippen molar-refractivity contribution in [3.05, 3.63) is 0 Å². The van der Waals surface area contributed by atoms with Gasteiger partial charge in [-0.3, -0.25) is 0 Å². The van der Waals surface area contributed by atoms with Crippen LogP contribution in [0.4, 0.5) is 8.78 Å². The molecule has 0 aliphatic heterocycles. The van der Waals surface area contributed by atoms with Crippen molar-refractivity contribution in [2.45, 2.75) is 65.7 Å². The smallest absolute Gasteiger partial charge is 0.207 e. The van der Waals surface area contributed by atoms with Crippen molar-refractivity contribution in [1.82, 2.24) is 0 Å². The van der Waals surface area contributed by atoms with E-state index in [0.717, 1.165) is 26.2 Å². The van der Waals surface area contributed by atoms with Gasteiger partial charge in [0.25, 0.3) is 0 Å². The van der Waals surface area contributed by atoms with Crippen LogP contribution >= 0.6 is 0 Å². The number of halogens is 2. The zero-order valence-corrected chi connectivity index (χ0v) is 9.29. The van der Waals surface area contributed by atoms with E-state index in [2.05, 4.69) is 20.8 Å². The molecule has 0 aliphatic carbocycles. The Morgan fingerprint density at radius 2 is 1.38 bits per heavy atom. The first-order valence-corrected chi connectivity index (χ1v) is 5.15. The number of hydrogen-bond acceptors (Lipinski definition) is 0. The van der Waals surface area contributed by atoms with Gasteiger partial charge < -0.3 is 0 Å². The molecule has 2 heteroatoms. The number of hydrogen-bond donors (Lipinski definition) is 0. The Labute approximate surface area is 80.7 Å². The van der Waals surface area contributed by atoms with Gasteiger partial charge in [-0.15, -0.1) is 0 Å². The monoisotopic (exact) mass is 192 g/mol. The average Bonchev–Trinajstić information content (AvgIpc) is 1.97. The first-order valence-electron chi connectivity index (χ1n) is 5.15. The van der Waals surface area contributed by atoms with Crippen molar-refractivity contribution >= 4 is 0 Å². The summed E-state index contributed by atoms with van der Waals surface area (Å²) in [5.41, 5.74) is 0.322. The van der Waals surface area contributed by atoms with Crippen LogP contribution in [-0.2, 0) is 0 Å². The van der Waals surface area contributed by atoms with E-state index in [-0.39, 0.29) is 6.42 Å². The minimum Gasteiger partial charge on any atom is -0.207 e. The Bertz CT molecular complexity index is 134. The molecular formula is C11H22F2. The average molecular weight is 192 g/mol. The summed E-state index contributed by atoms with van der Waals surface area (Å²) in [7, 11) is 0. The van der Waals surface area contributed by atoms with Crippen molar-refractivity contribution in [2.24, 2.45) is 5.41 Å². The first-order chi connectivity index (χ1) is 5.77. The molecule has 0 unspecified atom stereocenters. The van der Waals surface area contributed by atoms with Gasteiger partial charge >= 0.3 is 0 Å². The molecule has 0 saturated carbocycles. The normalized spacial score (nSPS) is 13.4. The molecule has 0 aliphatic rings. The standard InChI is InChI=1S/C11H22F2/c1-5-10(2,3)8-6-7-9-11(4,12)13/h5-9H2,1-4H3. The number of unbranched alkanes of at least 4 members (excludes halogenated alkanes) is 1. The number of alkyl halides is 2. The van der Waals surface area contributed by atoms with E-state index in [4.69, 9.17) is 0 Å². The highest BCUT2D eigenvalue weighted by Gasteiger charge is 2.21. The molecule has 13 heavy (non-hydrogen) atoms. The fourth-order valence-electron chi connectivity index (χ4n) is 1.22. The SMILES string of the molecule is CCC(C)(C)CCCCC(C)(F)F. The minimum atomic E-state index is -2.48. The van der Waals surface area contributed by atoms with E-state index in [9.17, 15) is 8.78 Å². The molecule has 0 bridgehead atoms. The zero-order chi connectivity index (χ0) is 10.5. The second kappa shape index (κ2) is 4.92. The molecule has 80 valence electrons. The molecule has 0 heterocycles. The Morgan fingerprint density at radius 3 is 1.77 bits per heavy atom. The van der Waals surface area contributed by atoms with Crippen molar-refractivity contribution in [2.75, 3.05) is 0 Å². The van der Waals surface area contributed by atoms with E-state index in [1.807, 2.05) is 0 Å². The van der Waals surface area contributed by atoms with Gasteiger partial charge in [-0.2, -0.15) is 0 Å². The zero-order valence-electron chi connectivity index (χ0n) is 9.29. The Hall–Kier alpha value is -0.140. The molecule has 0 radical (unpaired) electrons. The van der Waals surface area contributed by atoms with Crippen molar-refractivity contribution in [3.8, 4) is 0 Å². The lowest BCUT2D eigenvalue weighted by atomic mass is 9.84. The molecule has 0 atom stereocenters. The third-order valence-electron chi connectivity index (χ3n) is 2.68. The molecule has 0 nitrogen and oxygen atoms in total. The third-order valence-corrected chi connectivity index (χ3v) is 2.68. The molecule has 0 fully saturated rings. The Kier molecular flexibility index (Phi) is 4.87. The summed E-state index contributed by atoms with van der Waals surface area (Å²) in [6, 6.07) is 0. The van der Waals surface area contributed by atoms with E-state index in [1.165, 1.54) is 0 Å². The maximum Gasteiger partial charge on any atom is 0.245 e. The quantitative estimate of drug-likeness (QED) is 0.538. The fraction of sp³-hybridized carbons (Fsp3) is 1.00. The highest BCUT2D eigenvalue weighted by atomic mass is 19.3. The highest BCUT2D eigenvalue weighted by Crippen LogP contribution is 2.28. The molecule has 0 rings (SSSR count). The second-order valence-corrected chi connectivity index (χ2v) is 4.80. The van der Waals surface area contributed by atoms with Crippen LogP contribution in [0.1, 0.15) is 59.8 Å². The lowest BCUT2D eigenvalue weighted by Crippen LogP contribution is -2.12. The summed E-state index contributed by atoms with van der Waals surface area (Å²) in [5, 5.41) is 0. The van der Waals surface area contributed by atoms with Gasteiger partial charge in [-0.05, 0) is 25.2 Å². The van der Waals surface area contributed by atoms with Crippen LogP contribution in [0, 0.1) is 5.41 Å². The summed E-state index contributed by atoms with van der Waals surface area (Å²) >= 11 is 0. The van der Waals surface area contributed by atoms with Gasteiger partial charge in [0, 0.05) is 6.42 Å². The van der Waals surface area contributed by atoms with Crippen LogP contribution in [0.25, 0.3) is 0 Å². The summed E-state index contributed by atoms with van der Waals surface area (Å²) < 4.78 is 24.8. The van der Waals surface area contributed by atoms with Gasteiger partial charge in [-0.1, -0.05) is 33.6 Å². The first kappa shape index (κ1) is 12.9. The maximum atomic E-state index is 12.4. The topological polar surface area (TPSA) is 0 Å². The predicted molar refractivity (Wildman–Crippen MR) is 53.2 cm³/mol. The lowest BCUT2D eigenvalue weighted by Gasteiger charge is -2.22. The molecule has 0 aromatic rings. The molecular weight excluding hydrogens is 170 g/mol. The van der Waals surface area contributed by atoms with Gasteiger partial charge in [0.15, 0.2) is 0 Å². The van der Waals surface area contributed by atoms with Crippen molar-refractivity contribution < 1.29 is 8.78 Å². The van der Waals surface area contributed by atoms with Crippen LogP contribution in [0.15, 0.2) is 0 Å². The van der Waals surface area contributed by atoms with Gasteiger partial charge in [-0.25, -0.2) is 8.78 Å². The van der Waals surface area contributed by atoms with Gasteiger partial charge in [0.05, 0.1) is 0 Å². The van der Waals surface area contributed by atoms with E-state index in [0.29, 0.717) is 11.8 Å². The lowest BCUT2D eigenvalue weighted by molar-refractivity contribution is 0.00967. The maximum absolute atomic E-state index is 12.4. The Balaban J connectivity index is 3.47. The summed E-state index contributed by atoms with van der Waals surface area (Å²) in [5.74, 6) is -2.48. The van der Waals surface area contributed by atoms with E-state index in [1.54, 1.807) is 0 Å². The van der Waals surface area contributed by atoms with Crippen LogP contribution in [-0.4, -0.2) is 5.92 Å². The molecule has 0 aromatic heterocycles. The van der Waals surface area contributed by atoms with Crippen LogP contribution < -0.4 is 0 Å². The van der Waals surface area contributed by atoms with E-state index < -0.39 is 5.92 Å². The number of rotatable bonds is 6. The van der Waals surface area contributed by atoms with E-state index >= 15 is 0 Å². The van der Waals surface area contributed by atoms with Crippen molar-refractivity contribution in [1.29, 1.82) is 0 Å². The molecule has 0 N–H and O–H groups in total. The molecule has 0 spiro atoms. The summed E-state index contributed by atoms with van der Waals surface area (Å²) in [6.07, 6.45) is 3.78. The van der Waals surface area contributed by atoms with Crippen LogP contribution in [0.2, 0.25) is 0 Å². The van der Waals surface area contributed by atoms with Crippen molar-refractivity contribution in [3.63, 3.8) is 0 Å². The van der Waals surface area contributed by atoms with Gasteiger partial charge in [0.1, 0.15) is 0 Å². The van der Waals surface area contributed by atoms with Gasteiger partial charge in [0.2, 0.25) is 5.92 Å². The third kappa shape index (κ3) is 8.20. The largest absolute Gasteiger partial charge is 0.245 e. The van der Waals surface area contributed by atoms with Crippen LogP contribution in [0.3, 0.4) is 0 Å². The minimum absolute atomic E-state index is 0.0345.